The normalized spacial score (nSPS) is 10.5. The van der Waals surface area contributed by atoms with Crippen molar-refractivity contribution in [2.75, 3.05) is 11.9 Å². The fraction of sp³-hybridized carbons (Fsp3) is 0.154. The second-order valence-electron chi connectivity index (χ2n) is 7.30. The molecule has 0 saturated heterocycles. The average Bonchev–Trinajstić information content (AvgIpc) is 2.85. The Kier molecular flexibility index (Phi) is 8.51. The van der Waals surface area contributed by atoms with Gasteiger partial charge in [0, 0.05) is 5.69 Å². The minimum absolute atomic E-state index is 0.357. The quantitative estimate of drug-likeness (QED) is 0.174. The number of para-hydroxylation sites is 1. The smallest absolute Gasteiger partial charge is 0.343 e. The van der Waals surface area contributed by atoms with E-state index in [1.807, 2.05) is 26.0 Å². The third-order valence-electron chi connectivity index (χ3n) is 4.63. The van der Waals surface area contributed by atoms with Gasteiger partial charge in [0.2, 0.25) is 0 Å². The van der Waals surface area contributed by atoms with Gasteiger partial charge in [-0.1, -0.05) is 25.1 Å². The van der Waals surface area contributed by atoms with E-state index in [0.717, 1.165) is 12.0 Å². The maximum atomic E-state index is 12.3. The Labute approximate surface area is 197 Å². The number of nitrogens with one attached hydrogen (secondary N) is 2. The summed E-state index contributed by atoms with van der Waals surface area (Å²) >= 11 is 0. The van der Waals surface area contributed by atoms with Crippen molar-refractivity contribution in [3.63, 3.8) is 0 Å². The van der Waals surface area contributed by atoms with Crippen LogP contribution in [0.2, 0.25) is 0 Å². The molecule has 3 aromatic carbocycles. The lowest BCUT2D eigenvalue weighted by Crippen LogP contribution is -2.32. The van der Waals surface area contributed by atoms with E-state index in [0.29, 0.717) is 34.9 Å². The van der Waals surface area contributed by atoms with Crippen molar-refractivity contribution in [1.82, 2.24) is 5.43 Å². The van der Waals surface area contributed by atoms with Gasteiger partial charge in [-0.15, -0.1) is 0 Å². The molecule has 0 fully saturated rings. The highest BCUT2D eigenvalue weighted by molar-refractivity contribution is 6.39. The summed E-state index contributed by atoms with van der Waals surface area (Å²) in [5.74, 6) is -1.15. The predicted molar refractivity (Wildman–Crippen MR) is 129 cm³/mol. The number of carbonyl (C=O) groups is 3. The van der Waals surface area contributed by atoms with Gasteiger partial charge in [0.05, 0.1) is 18.4 Å². The van der Waals surface area contributed by atoms with E-state index in [4.69, 9.17) is 9.47 Å². The highest BCUT2D eigenvalue weighted by Crippen LogP contribution is 2.17. The number of amides is 2. The zero-order valence-electron chi connectivity index (χ0n) is 18.9. The van der Waals surface area contributed by atoms with Crippen LogP contribution in [0.25, 0.3) is 0 Å². The number of hydrogen-bond donors (Lipinski definition) is 2. The number of rotatable bonds is 8. The topological polar surface area (TPSA) is 106 Å². The molecule has 174 valence electrons. The van der Waals surface area contributed by atoms with Gasteiger partial charge in [-0.25, -0.2) is 10.2 Å². The lowest BCUT2D eigenvalue weighted by Gasteiger charge is -2.07. The van der Waals surface area contributed by atoms with Crippen LogP contribution in [0.15, 0.2) is 77.9 Å². The Morgan fingerprint density at radius 1 is 0.882 bits per heavy atom. The Morgan fingerprint density at radius 2 is 1.56 bits per heavy atom. The van der Waals surface area contributed by atoms with E-state index >= 15 is 0 Å². The van der Waals surface area contributed by atoms with Crippen LogP contribution < -0.4 is 20.2 Å². The minimum atomic E-state index is -0.892. The molecule has 2 amide bonds. The number of benzene rings is 3. The molecule has 8 nitrogen and oxygen atoms in total. The van der Waals surface area contributed by atoms with Gasteiger partial charge >= 0.3 is 17.8 Å². The molecule has 0 unspecified atom stereocenters. The molecule has 0 radical (unpaired) electrons. The van der Waals surface area contributed by atoms with Crippen molar-refractivity contribution in [3.8, 4) is 11.5 Å². The lowest BCUT2D eigenvalue weighted by atomic mass is 10.2. The van der Waals surface area contributed by atoms with E-state index in [1.165, 1.54) is 6.21 Å². The Bertz CT molecular complexity index is 1170. The molecule has 8 heteroatoms. The van der Waals surface area contributed by atoms with Crippen molar-refractivity contribution in [2.24, 2.45) is 5.10 Å². The fourth-order valence-corrected chi connectivity index (χ4v) is 2.80. The molecule has 0 bridgehead atoms. The van der Waals surface area contributed by atoms with Gasteiger partial charge in [0.1, 0.15) is 11.5 Å². The van der Waals surface area contributed by atoms with Crippen LogP contribution in [0.5, 0.6) is 11.5 Å². The maximum absolute atomic E-state index is 12.3. The Morgan fingerprint density at radius 3 is 2.24 bits per heavy atom. The summed E-state index contributed by atoms with van der Waals surface area (Å²) in [5.41, 5.74) is 4.61. The van der Waals surface area contributed by atoms with Crippen LogP contribution in [-0.4, -0.2) is 30.6 Å². The first-order valence-corrected chi connectivity index (χ1v) is 10.7. The van der Waals surface area contributed by atoms with Crippen molar-refractivity contribution >= 4 is 29.7 Å². The van der Waals surface area contributed by atoms with Gasteiger partial charge in [-0.2, -0.15) is 5.10 Å². The zero-order valence-corrected chi connectivity index (χ0v) is 18.9. The summed E-state index contributed by atoms with van der Waals surface area (Å²) in [4.78, 5) is 36.2. The Balaban J connectivity index is 1.49. The molecule has 2 N–H and O–H groups in total. The first-order valence-electron chi connectivity index (χ1n) is 10.7. The lowest BCUT2D eigenvalue weighted by molar-refractivity contribution is -0.136. The maximum Gasteiger partial charge on any atom is 0.343 e. The van der Waals surface area contributed by atoms with E-state index in [2.05, 4.69) is 15.8 Å². The first kappa shape index (κ1) is 24.2. The highest BCUT2D eigenvalue weighted by Gasteiger charge is 2.13. The van der Waals surface area contributed by atoms with Gasteiger partial charge in [0.15, 0.2) is 0 Å². The van der Waals surface area contributed by atoms with E-state index in [9.17, 15) is 14.4 Å². The SMILES string of the molecule is CCCOc1ccc(C(=O)Oc2ccc(/C=N/NC(=O)C(=O)Nc3ccccc3C)cc2)cc1. The highest BCUT2D eigenvalue weighted by atomic mass is 16.5. The number of hydrazone groups is 1. The third-order valence-corrected chi connectivity index (χ3v) is 4.63. The summed E-state index contributed by atoms with van der Waals surface area (Å²) in [5, 5.41) is 6.32. The van der Waals surface area contributed by atoms with Crippen LogP contribution in [-0.2, 0) is 9.59 Å². The number of esters is 1. The molecule has 34 heavy (non-hydrogen) atoms. The number of aryl methyl sites for hydroxylation is 1. The zero-order chi connectivity index (χ0) is 24.3. The molecule has 0 aliphatic rings. The van der Waals surface area contributed by atoms with Crippen LogP contribution in [0.4, 0.5) is 5.69 Å². The van der Waals surface area contributed by atoms with E-state index < -0.39 is 17.8 Å². The second kappa shape index (κ2) is 12.0. The minimum Gasteiger partial charge on any atom is -0.494 e. The van der Waals surface area contributed by atoms with Crippen LogP contribution >= 0.6 is 0 Å². The van der Waals surface area contributed by atoms with Gasteiger partial charge in [0.25, 0.3) is 0 Å². The molecule has 3 rings (SSSR count). The van der Waals surface area contributed by atoms with Crippen molar-refractivity contribution in [3.05, 3.63) is 89.5 Å². The van der Waals surface area contributed by atoms with Crippen LogP contribution in [0.3, 0.4) is 0 Å². The monoisotopic (exact) mass is 459 g/mol. The number of anilines is 1. The predicted octanol–water partition coefficient (Wildman–Crippen LogP) is 4.09. The Hall–Kier alpha value is -4.46. The number of hydrogen-bond acceptors (Lipinski definition) is 6. The fourth-order valence-electron chi connectivity index (χ4n) is 2.80. The van der Waals surface area contributed by atoms with Crippen molar-refractivity contribution in [2.45, 2.75) is 20.3 Å². The van der Waals surface area contributed by atoms with Gasteiger partial charge < -0.3 is 14.8 Å². The summed E-state index contributed by atoms with van der Waals surface area (Å²) in [7, 11) is 0. The van der Waals surface area contributed by atoms with Crippen LogP contribution in [0.1, 0.15) is 34.8 Å². The van der Waals surface area contributed by atoms with E-state index in [1.54, 1.807) is 60.7 Å². The van der Waals surface area contributed by atoms with Gasteiger partial charge in [-0.3, -0.25) is 9.59 Å². The van der Waals surface area contributed by atoms with Crippen molar-refractivity contribution in [1.29, 1.82) is 0 Å². The molecule has 0 spiro atoms. The molecule has 0 aromatic heterocycles. The van der Waals surface area contributed by atoms with Gasteiger partial charge in [-0.05, 0) is 79.1 Å². The summed E-state index contributed by atoms with van der Waals surface area (Å²) in [6.45, 7) is 4.46. The summed E-state index contributed by atoms with van der Waals surface area (Å²) in [6, 6.07) is 20.4. The molecular formula is C26H25N3O5. The largest absolute Gasteiger partial charge is 0.494 e. The summed E-state index contributed by atoms with van der Waals surface area (Å²) in [6.07, 6.45) is 2.28. The number of nitrogens with zero attached hydrogens (tertiary/aromatic N) is 1. The third kappa shape index (κ3) is 7.03. The second-order valence-corrected chi connectivity index (χ2v) is 7.30. The number of ether oxygens (including phenoxy) is 2. The van der Waals surface area contributed by atoms with Crippen molar-refractivity contribution < 1.29 is 23.9 Å². The van der Waals surface area contributed by atoms with E-state index in [-0.39, 0.29) is 0 Å². The molecule has 0 saturated carbocycles. The average molecular weight is 460 g/mol. The van der Waals surface area contributed by atoms with Crippen LogP contribution in [0, 0.1) is 6.92 Å². The molecule has 0 aliphatic carbocycles. The molecule has 0 aliphatic heterocycles. The number of carbonyl (C=O) groups excluding carboxylic acids is 3. The molecule has 0 atom stereocenters. The molecule has 3 aromatic rings. The standard InChI is InChI=1S/C26H25N3O5/c1-3-16-33-21-14-10-20(11-15-21)26(32)34-22-12-8-19(9-13-22)17-27-29-25(31)24(30)28-23-7-5-4-6-18(23)2/h4-15,17H,3,16H2,1-2H3,(H,28,30)(H,29,31)/b27-17+. The molecule has 0 heterocycles. The summed E-state index contributed by atoms with van der Waals surface area (Å²) < 4.78 is 10.9. The first-order chi connectivity index (χ1) is 16.5. The molecular weight excluding hydrogens is 434 g/mol.